The van der Waals surface area contributed by atoms with Crippen LogP contribution in [0, 0.1) is 0 Å². The summed E-state index contributed by atoms with van der Waals surface area (Å²) in [5.74, 6) is -0.375. The number of carbonyl (C=O) groups excluding carboxylic acids is 2. The lowest BCUT2D eigenvalue weighted by Gasteiger charge is -2.17. The van der Waals surface area contributed by atoms with Crippen LogP contribution in [0.5, 0.6) is 0 Å². The molecule has 0 spiro atoms. The number of hydrogen-bond donors (Lipinski definition) is 3. The maximum Gasteiger partial charge on any atom is 0.242 e. The van der Waals surface area contributed by atoms with Gasteiger partial charge in [0.15, 0.2) is 0 Å². The van der Waals surface area contributed by atoms with Gasteiger partial charge in [-0.05, 0) is 31.9 Å². The first-order chi connectivity index (χ1) is 9.97. The molecule has 1 heterocycles. The van der Waals surface area contributed by atoms with Crippen LogP contribution in [0.4, 0.5) is 0 Å². The van der Waals surface area contributed by atoms with E-state index in [1.807, 2.05) is 31.3 Å². The Balaban J connectivity index is 1.97. The van der Waals surface area contributed by atoms with Crippen molar-refractivity contribution in [3.8, 4) is 0 Å². The van der Waals surface area contributed by atoms with Crippen molar-refractivity contribution in [3.05, 3.63) is 36.0 Å². The maximum atomic E-state index is 11.9. The van der Waals surface area contributed by atoms with Crippen LogP contribution in [0.1, 0.15) is 26.3 Å². The minimum atomic E-state index is -0.520. The minimum Gasteiger partial charge on any atom is -0.361 e. The van der Waals surface area contributed by atoms with E-state index in [0.29, 0.717) is 0 Å². The zero-order valence-corrected chi connectivity index (χ0v) is 12.6. The smallest absolute Gasteiger partial charge is 0.242 e. The number of benzene rings is 1. The third-order valence-electron chi connectivity index (χ3n) is 3.40. The molecule has 112 valence electrons. The van der Waals surface area contributed by atoms with E-state index < -0.39 is 6.04 Å². The van der Waals surface area contributed by atoms with Crippen molar-refractivity contribution >= 4 is 22.7 Å². The highest BCUT2D eigenvalue weighted by Crippen LogP contribution is 2.18. The lowest BCUT2D eigenvalue weighted by Crippen LogP contribution is -2.47. The Kier molecular flexibility index (Phi) is 4.62. The molecular formula is C16H21N3O2. The van der Waals surface area contributed by atoms with Gasteiger partial charge in [-0.2, -0.15) is 0 Å². The summed E-state index contributed by atoms with van der Waals surface area (Å²) in [7, 11) is 0. The van der Waals surface area contributed by atoms with Crippen LogP contribution in [0.2, 0.25) is 0 Å². The van der Waals surface area contributed by atoms with E-state index in [4.69, 9.17) is 0 Å². The van der Waals surface area contributed by atoms with Crippen LogP contribution >= 0.6 is 0 Å². The lowest BCUT2D eigenvalue weighted by molar-refractivity contribution is -0.128. The zero-order chi connectivity index (χ0) is 15.4. The van der Waals surface area contributed by atoms with Crippen molar-refractivity contribution in [2.45, 2.75) is 39.3 Å². The fourth-order valence-corrected chi connectivity index (χ4v) is 2.42. The fraction of sp³-hybridized carbons (Fsp3) is 0.375. The van der Waals surface area contributed by atoms with E-state index in [1.54, 1.807) is 6.92 Å². The molecule has 5 nitrogen and oxygen atoms in total. The predicted octanol–water partition coefficient (Wildman–Crippen LogP) is 1.74. The molecule has 2 aromatic rings. The highest BCUT2D eigenvalue weighted by molar-refractivity contribution is 5.87. The Morgan fingerprint density at radius 3 is 2.62 bits per heavy atom. The van der Waals surface area contributed by atoms with Gasteiger partial charge in [-0.15, -0.1) is 0 Å². The number of hydrogen-bond acceptors (Lipinski definition) is 2. The number of rotatable bonds is 5. The molecule has 1 aromatic heterocycles. The Morgan fingerprint density at radius 2 is 1.90 bits per heavy atom. The van der Waals surface area contributed by atoms with Crippen molar-refractivity contribution in [2.75, 3.05) is 0 Å². The highest BCUT2D eigenvalue weighted by atomic mass is 16.2. The molecule has 2 atom stereocenters. The predicted molar refractivity (Wildman–Crippen MR) is 82.9 cm³/mol. The van der Waals surface area contributed by atoms with Crippen LogP contribution in [-0.2, 0) is 16.0 Å². The summed E-state index contributed by atoms with van der Waals surface area (Å²) in [5, 5.41) is 6.67. The summed E-state index contributed by atoms with van der Waals surface area (Å²) in [5.41, 5.74) is 2.27. The zero-order valence-electron chi connectivity index (χ0n) is 12.6. The number of nitrogens with one attached hydrogen (secondary N) is 3. The van der Waals surface area contributed by atoms with Crippen molar-refractivity contribution in [2.24, 2.45) is 0 Å². The monoisotopic (exact) mass is 287 g/mol. The molecule has 2 amide bonds. The van der Waals surface area contributed by atoms with Crippen molar-refractivity contribution in [1.29, 1.82) is 0 Å². The van der Waals surface area contributed by atoms with Crippen molar-refractivity contribution in [3.63, 3.8) is 0 Å². The number of H-pyrrole nitrogens is 1. The SMILES string of the molecule is CC(=O)N[C@@H](C)C(=O)N[C@@H](C)Cc1c[nH]c2ccccc12. The van der Waals surface area contributed by atoms with Crippen molar-refractivity contribution in [1.82, 2.24) is 15.6 Å². The van der Waals surface area contributed by atoms with E-state index in [1.165, 1.54) is 17.9 Å². The van der Waals surface area contributed by atoms with Gasteiger partial charge < -0.3 is 15.6 Å². The topological polar surface area (TPSA) is 74.0 Å². The van der Waals surface area contributed by atoms with Gasteiger partial charge in [0.1, 0.15) is 6.04 Å². The number of fused-ring (bicyclic) bond motifs is 1. The summed E-state index contributed by atoms with van der Waals surface area (Å²) >= 11 is 0. The first-order valence-electron chi connectivity index (χ1n) is 7.10. The largest absolute Gasteiger partial charge is 0.361 e. The van der Waals surface area contributed by atoms with Crippen LogP contribution in [-0.4, -0.2) is 28.9 Å². The van der Waals surface area contributed by atoms with Gasteiger partial charge in [-0.25, -0.2) is 0 Å². The van der Waals surface area contributed by atoms with E-state index in [2.05, 4.69) is 21.7 Å². The molecule has 5 heteroatoms. The van der Waals surface area contributed by atoms with E-state index >= 15 is 0 Å². The first-order valence-corrected chi connectivity index (χ1v) is 7.10. The van der Waals surface area contributed by atoms with Crippen LogP contribution in [0.3, 0.4) is 0 Å². The molecule has 0 aliphatic carbocycles. The normalized spacial score (nSPS) is 13.7. The Labute approximate surface area is 124 Å². The number of carbonyl (C=O) groups is 2. The summed E-state index contributed by atoms with van der Waals surface area (Å²) in [6.45, 7) is 5.04. The summed E-state index contributed by atoms with van der Waals surface area (Å²) in [6.07, 6.45) is 2.72. The molecule has 0 aliphatic heterocycles. The lowest BCUT2D eigenvalue weighted by atomic mass is 10.1. The fourth-order valence-electron chi connectivity index (χ4n) is 2.42. The second-order valence-corrected chi connectivity index (χ2v) is 5.40. The molecule has 0 saturated heterocycles. The molecule has 1 aromatic carbocycles. The highest BCUT2D eigenvalue weighted by Gasteiger charge is 2.16. The molecule has 3 N–H and O–H groups in total. The molecule has 0 aliphatic rings. The molecule has 21 heavy (non-hydrogen) atoms. The molecule has 0 bridgehead atoms. The maximum absolute atomic E-state index is 11.9. The second kappa shape index (κ2) is 6.43. The third-order valence-corrected chi connectivity index (χ3v) is 3.40. The third kappa shape index (κ3) is 3.84. The quantitative estimate of drug-likeness (QED) is 0.783. The van der Waals surface area contributed by atoms with Gasteiger partial charge in [0, 0.05) is 30.1 Å². The Bertz CT molecular complexity index is 648. The number of para-hydroxylation sites is 1. The second-order valence-electron chi connectivity index (χ2n) is 5.40. The minimum absolute atomic E-state index is 0.00656. The van der Waals surface area contributed by atoms with Gasteiger partial charge in [0.25, 0.3) is 0 Å². The van der Waals surface area contributed by atoms with Crippen LogP contribution in [0.25, 0.3) is 10.9 Å². The van der Waals surface area contributed by atoms with Crippen LogP contribution in [0.15, 0.2) is 30.5 Å². The average Bonchev–Trinajstić information content (AvgIpc) is 2.81. The van der Waals surface area contributed by atoms with Gasteiger partial charge in [0.05, 0.1) is 0 Å². The standard InChI is InChI=1S/C16H21N3O2/c1-10(18-16(21)11(2)19-12(3)20)8-13-9-17-15-7-5-4-6-14(13)15/h4-7,9-11,17H,8H2,1-3H3,(H,18,21)(H,19,20)/t10-,11-/m0/s1. The molecule has 0 fully saturated rings. The summed E-state index contributed by atoms with van der Waals surface area (Å²) in [4.78, 5) is 26.1. The first kappa shape index (κ1) is 15.1. The van der Waals surface area contributed by atoms with Crippen molar-refractivity contribution < 1.29 is 9.59 Å². The molecular weight excluding hydrogens is 266 g/mol. The number of amides is 2. The molecule has 0 unspecified atom stereocenters. The summed E-state index contributed by atoms with van der Waals surface area (Å²) in [6, 6.07) is 7.56. The average molecular weight is 287 g/mol. The molecule has 2 rings (SSSR count). The Hall–Kier alpha value is -2.30. The molecule has 0 saturated carbocycles. The summed E-state index contributed by atoms with van der Waals surface area (Å²) < 4.78 is 0. The van der Waals surface area contributed by atoms with Gasteiger partial charge in [-0.1, -0.05) is 18.2 Å². The van der Waals surface area contributed by atoms with E-state index in [9.17, 15) is 9.59 Å². The van der Waals surface area contributed by atoms with Gasteiger partial charge in [-0.3, -0.25) is 9.59 Å². The van der Waals surface area contributed by atoms with E-state index in [0.717, 1.165) is 11.9 Å². The van der Waals surface area contributed by atoms with Gasteiger partial charge in [0.2, 0.25) is 11.8 Å². The van der Waals surface area contributed by atoms with E-state index in [-0.39, 0.29) is 17.9 Å². The Morgan fingerprint density at radius 1 is 1.19 bits per heavy atom. The number of aromatic nitrogens is 1. The number of aromatic amines is 1. The van der Waals surface area contributed by atoms with Gasteiger partial charge >= 0.3 is 0 Å². The molecule has 0 radical (unpaired) electrons. The van der Waals surface area contributed by atoms with Crippen LogP contribution < -0.4 is 10.6 Å².